The number of anilines is 2. The summed E-state index contributed by atoms with van der Waals surface area (Å²) < 4.78 is 6.78. The first-order chi connectivity index (χ1) is 13.5. The monoisotopic (exact) mass is 414 g/mol. The minimum absolute atomic E-state index is 0.359. The zero-order chi connectivity index (χ0) is 20.1. The molecule has 2 aromatic heterocycles. The Balaban J connectivity index is 1.69. The van der Waals surface area contributed by atoms with Crippen LogP contribution < -0.4 is 10.6 Å². The Morgan fingerprint density at radius 1 is 1.29 bits per heavy atom. The lowest BCUT2D eigenvalue weighted by molar-refractivity contribution is 0.0601. The number of hydrogen-bond donors (Lipinski definition) is 2. The number of nitrogens with one attached hydrogen (secondary N) is 2. The van der Waals surface area contributed by atoms with Gasteiger partial charge in [-0.25, -0.2) is 4.79 Å². The first kappa shape index (κ1) is 20.0. The van der Waals surface area contributed by atoms with Gasteiger partial charge in [-0.15, -0.1) is 11.3 Å². The molecule has 3 rings (SSSR count). The third-order valence-corrected chi connectivity index (χ3v) is 5.52. The number of rotatable bonds is 6. The second-order valence-electron chi connectivity index (χ2n) is 6.18. The number of carbonyl (C=O) groups is 1. The van der Waals surface area contributed by atoms with Crippen molar-refractivity contribution in [3.63, 3.8) is 0 Å². The molecule has 146 valence electrons. The summed E-state index contributed by atoms with van der Waals surface area (Å²) in [6.07, 6.45) is 4.36. The van der Waals surface area contributed by atoms with Crippen LogP contribution in [0.1, 0.15) is 33.3 Å². The van der Waals surface area contributed by atoms with Gasteiger partial charge >= 0.3 is 5.97 Å². The van der Waals surface area contributed by atoms with Crippen LogP contribution in [-0.2, 0) is 17.7 Å². The fraction of sp³-hybridized carbons (Fsp3) is 0.250. The molecule has 0 radical (unpaired) electrons. The third kappa shape index (κ3) is 4.58. The highest BCUT2D eigenvalue weighted by molar-refractivity contribution is 7.80. The summed E-state index contributed by atoms with van der Waals surface area (Å²) >= 11 is 6.92. The fourth-order valence-corrected chi connectivity index (χ4v) is 4.38. The minimum Gasteiger partial charge on any atom is -0.465 e. The number of ether oxygens (including phenoxy) is 1. The molecular formula is C20H22N4O2S2. The standard InChI is InChI=1S/C20H22N4O2S2/c1-4-16-13(2)28-18(17(16)19(25)26-3)23-20(27)22-15-10-21-24(12-15)11-14-8-6-5-7-9-14/h5-10,12H,4,11H2,1-3H3,(H2,22,23,27). The number of hydrogen-bond acceptors (Lipinski definition) is 5. The molecule has 0 aliphatic carbocycles. The van der Waals surface area contributed by atoms with Crippen LogP contribution in [0.3, 0.4) is 0 Å². The van der Waals surface area contributed by atoms with Crippen molar-refractivity contribution in [2.45, 2.75) is 26.8 Å². The van der Waals surface area contributed by atoms with Gasteiger partial charge in [0.1, 0.15) is 5.00 Å². The molecule has 0 saturated carbocycles. The maximum Gasteiger partial charge on any atom is 0.341 e. The summed E-state index contributed by atoms with van der Waals surface area (Å²) in [7, 11) is 1.39. The Kier molecular flexibility index (Phi) is 6.43. The molecular weight excluding hydrogens is 392 g/mol. The zero-order valence-electron chi connectivity index (χ0n) is 16.0. The van der Waals surface area contributed by atoms with Gasteiger partial charge in [0.25, 0.3) is 0 Å². The average Bonchev–Trinajstić information content (AvgIpc) is 3.24. The lowest BCUT2D eigenvalue weighted by Crippen LogP contribution is -2.20. The topological polar surface area (TPSA) is 68.2 Å². The summed E-state index contributed by atoms with van der Waals surface area (Å²) in [5, 5.41) is 11.7. The van der Waals surface area contributed by atoms with Crippen LogP contribution in [0, 0.1) is 6.92 Å². The van der Waals surface area contributed by atoms with Crippen molar-refractivity contribution in [2.75, 3.05) is 17.7 Å². The van der Waals surface area contributed by atoms with Crippen molar-refractivity contribution < 1.29 is 9.53 Å². The number of methoxy groups -OCH3 is 1. The van der Waals surface area contributed by atoms with Crippen molar-refractivity contribution in [3.05, 3.63) is 64.3 Å². The van der Waals surface area contributed by atoms with E-state index in [1.165, 1.54) is 24.0 Å². The number of nitrogens with zero attached hydrogens (tertiary/aromatic N) is 2. The van der Waals surface area contributed by atoms with Crippen molar-refractivity contribution in [1.82, 2.24) is 9.78 Å². The molecule has 0 spiro atoms. The first-order valence-electron chi connectivity index (χ1n) is 8.86. The number of thiocarbonyl (C=S) groups is 1. The third-order valence-electron chi connectivity index (χ3n) is 4.26. The van der Waals surface area contributed by atoms with Gasteiger partial charge in [-0.3, -0.25) is 4.68 Å². The van der Waals surface area contributed by atoms with E-state index in [1.54, 1.807) is 6.20 Å². The Labute approximate surface area is 173 Å². The molecule has 0 fully saturated rings. The SMILES string of the molecule is CCc1c(C)sc(NC(=S)Nc2cnn(Cc3ccccc3)c2)c1C(=O)OC. The van der Waals surface area contributed by atoms with Crippen LogP contribution >= 0.6 is 23.6 Å². The van der Waals surface area contributed by atoms with E-state index < -0.39 is 0 Å². The quantitative estimate of drug-likeness (QED) is 0.459. The van der Waals surface area contributed by atoms with E-state index in [1.807, 2.05) is 42.9 Å². The first-order valence-corrected chi connectivity index (χ1v) is 10.1. The summed E-state index contributed by atoms with van der Waals surface area (Å²) in [5.74, 6) is -0.359. The highest BCUT2D eigenvalue weighted by atomic mass is 32.1. The Hall–Kier alpha value is -2.71. The molecule has 0 aliphatic rings. The van der Waals surface area contributed by atoms with Crippen LogP contribution in [0.25, 0.3) is 0 Å². The van der Waals surface area contributed by atoms with Gasteiger partial charge in [-0.2, -0.15) is 5.10 Å². The van der Waals surface area contributed by atoms with Crippen molar-refractivity contribution in [2.24, 2.45) is 0 Å². The minimum atomic E-state index is -0.359. The molecule has 0 saturated heterocycles. The molecule has 6 nitrogen and oxygen atoms in total. The number of esters is 1. The molecule has 2 N–H and O–H groups in total. The van der Waals surface area contributed by atoms with E-state index in [0.717, 1.165) is 22.5 Å². The van der Waals surface area contributed by atoms with E-state index in [0.29, 0.717) is 22.2 Å². The van der Waals surface area contributed by atoms with Gasteiger partial charge in [0.2, 0.25) is 0 Å². The lowest BCUT2D eigenvalue weighted by atomic mass is 10.1. The van der Waals surface area contributed by atoms with E-state index in [-0.39, 0.29) is 5.97 Å². The van der Waals surface area contributed by atoms with Crippen LogP contribution in [0.5, 0.6) is 0 Å². The van der Waals surface area contributed by atoms with E-state index in [2.05, 4.69) is 27.9 Å². The Morgan fingerprint density at radius 3 is 2.71 bits per heavy atom. The fourth-order valence-electron chi connectivity index (χ4n) is 2.96. The molecule has 1 aromatic carbocycles. The van der Waals surface area contributed by atoms with E-state index >= 15 is 0 Å². The van der Waals surface area contributed by atoms with Gasteiger partial charge in [0.15, 0.2) is 5.11 Å². The van der Waals surface area contributed by atoms with Crippen LogP contribution in [0.2, 0.25) is 0 Å². The number of benzene rings is 1. The maximum absolute atomic E-state index is 12.2. The summed E-state index contributed by atoms with van der Waals surface area (Å²) in [6, 6.07) is 10.1. The van der Waals surface area contributed by atoms with Crippen LogP contribution in [-0.4, -0.2) is 28.0 Å². The Bertz CT molecular complexity index is 980. The second-order valence-corrected chi connectivity index (χ2v) is 7.81. The normalized spacial score (nSPS) is 10.5. The van der Waals surface area contributed by atoms with Gasteiger partial charge < -0.3 is 15.4 Å². The lowest BCUT2D eigenvalue weighted by Gasteiger charge is -2.09. The predicted octanol–water partition coefficient (Wildman–Crippen LogP) is 4.46. The molecule has 0 unspecified atom stereocenters. The molecule has 8 heteroatoms. The second kappa shape index (κ2) is 8.99. The van der Waals surface area contributed by atoms with Gasteiger partial charge in [0, 0.05) is 11.1 Å². The van der Waals surface area contributed by atoms with Crippen molar-refractivity contribution in [1.29, 1.82) is 0 Å². The number of carbonyl (C=O) groups excluding carboxylic acids is 1. The highest BCUT2D eigenvalue weighted by Crippen LogP contribution is 2.34. The molecule has 2 heterocycles. The molecule has 0 bridgehead atoms. The molecule has 0 aliphatic heterocycles. The summed E-state index contributed by atoms with van der Waals surface area (Å²) in [5.41, 5.74) is 3.48. The zero-order valence-corrected chi connectivity index (χ0v) is 17.6. The van der Waals surface area contributed by atoms with Crippen LogP contribution in [0.15, 0.2) is 42.7 Å². The number of aromatic nitrogens is 2. The number of aryl methyl sites for hydroxylation is 1. The maximum atomic E-state index is 12.2. The Morgan fingerprint density at radius 2 is 2.04 bits per heavy atom. The summed E-state index contributed by atoms with van der Waals surface area (Å²) in [4.78, 5) is 13.3. The molecule has 0 amide bonds. The number of thiophene rings is 1. The van der Waals surface area contributed by atoms with Crippen molar-refractivity contribution >= 4 is 45.3 Å². The van der Waals surface area contributed by atoms with E-state index in [4.69, 9.17) is 17.0 Å². The molecule has 0 atom stereocenters. The van der Waals surface area contributed by atoms with Gasteiger partial charge in [0.05, 0.1) is 31.1 Å². The largest absolute Gasteiger partial charge is 0.465 e. The predicted molar refractivity (Wildman–Crippen MR) is 117 cm³/mol. The molecule has 28 heavy (non-hydrogen) atoms. The average molecular weight is 415 g/mol. The highest BCUT2D eigenvalue weighted by Gasteiger charge is 2.22. The molecule has 3 aromatic rings. The van der Waals surface area contributed by atoms with Gasteiger partial charge in [-0.1, -0.05) is 37.3 Å². The smallest absolute Gasteiger partial charge is 0.341 e. The van der Waals surface area contributed by atoms with Crippen LogP contribution in [0.4, 0.5) is 10.7 Å². The van der Waals surface area contributed by atoms with E-state index in [9.17, 15) is 4.79 Å². The summed E-state index contributed by atoms with van der Waals surface area (Å²) in [6.45, 7) is 4.69. The van der Waals surface area contributed by atoms with Gasteiger partial charge in [-0.05, 0) is 36.7 Å². The van der Waals surface area contributed by atoms with Crippen molar-refractivity contribution in [3.8, 4) is 0 Å².